The van der Waals surface area contributed by atoms with Gasteiger partial charge in [-0.2, -0.15) is 0 Å². The van der Waals surface area contributed by atoms with Crippen molar-refractivity contribution in [2.75, 3.05) is 6.54 Å². The second kappa shape index (κ2) is 4.45. The minimum absolute atomic E-state index is 0.468. The fourth-order valence-corrected chi connectivity index (χ4v) is 2.50. The second-order valence-electron chi connectivity index (χ2n) is 5.06. The molecule has 1 heteroatoms. The minimum Gasteiger partial charge on any atom is -0.311 e. The molecule has 1 saturated heterocycles. The van der Waals surface area contributed by atoms with E-state index in [1.54, 1.807) is 0 Å². The lowest BCUT2D eigenvalue weighted by Gasteiger charge is -2.36. The van der Waals surface area contributed by atoms with Crippen molar-refractivity contribution >= 4 is 0 Å². The number of nitrogens with one attached hydrogen (secondary N) is 1. The Labute approximate surface area is 83.3 Å². The van der Waals surface area contributed by atoms with Crippen molar-refractivity contribution in [2.45, 2.75) is 58.9 Å². The zero-order chi connectivity index (χ0) is 9.90. The Morgan fingerprint density at radius 1 is 1.31 bits per heavy atom. The van der Waals surface area contributed by atoms with E-state index in [1.807, 2.05) is 0 Å². The molecular formula is C12H25N. The molecular weight excluding hydrogens is 158 g/mol. The van der Waals surface area contributed by atoms with E-state index >= 15 is 0 Å². The molecule has 0 aromatic heterocycles. The maximum Gasteiger partial charge on any atom is 0.0207 e. The Morgan fingerprint density at radius 2 is 2.00 bits per heavy atom. The zero-order valence-electron chi connectivity index (χ0n) is 9.69. The van der Waals surface area contributed by atoms with Crippen LogP contribution in [0.2, 0.25) is 0 Å². The minimum atomic E-state index is 0.468. The summed E-state index contributed by atoms with van der Waals surface area (Å²) in [5.74, 6) is 1.65. The molecule has 1 heterocycles. The van der Waals surface area contributed by atoms with E-state index in [1.165, 1.54) is 32.2 Å². The third-order valence-electron chi connectivity index (χ3n) is 3.79. The fraction of sp³-hybridized carbons (Fsp3) is 1.00. The van der Waals surface area contributed by atoms with Crippen LogP contribution in [0.4, 0.5) is 0 Å². The van der Waals surface area contributed by atoms with Crippen LogP contribution in [0.15, 0.2) is 0 Å². The van der Waals surface area contributed by atoms with E-state index in [0.717, 1.165) is 11.8 Å². The van der Waals surface area contributed by atoms with Crippen molar-refractivity contribution in [3.63, 3.8) is 0 Å². The maximum atomic E-state index is 3.73. The highest BCUT2D eigenvalue weighted by Gasteiger charge is 2.36. The third kappa shape index (κ3) is 2.46. The maximum absolute atomic E-state index is 3.73. The molecule has 1 N–H and O–H groups in total. The first kappa shape index (κ1) is 11.0. The highest BCUT2D eigenvalue weighted by atomic mass is 15.0. The van der Waals surface area contributed by atoms with Crippen LogP contribution >= 0.6 is 0 Å². The first-order chi connectivity index (χ1) is 6.10. The number of hydrogen-bond donors (Lipinski definition) is 1. The molecule has 2 unspecified atom stereocenters. The van der Waals surface area contributed by atoms with E-state index in [9.17, 15) is 0 Å². The van der Waals surface area contributed by atoms with Gasteiger partial charge in [0, 0.05) is 5.54 Å². The summed E-state index contributed by atoms with van der Waals surface area (Å²) in [5.41, 5.74) is 0.468. The molecule has 78 valence electrons. The Hall–Kier alpha value is -0.0400. The summed E-state index contributed by atoms with van der Waals surface area (Å²) in [7, 11) is 0. The lowest BCUT2D eigenvalue weighted by Crippen LogP contribution is -2.45. The van der Waals surface area contributed by atoms with Crippen molar-refractivity contribution in [1.29, 1.82) is 0 Å². The van der Waals surface area contributed by atoms with Gasteiger partial charge in [0.2, 0.25) is 0 Å². The van der Waals surface area contributed by atoms with Crippen LogP contribution in [-0.2, 0) is 0 Å². The summed E-state index contributed by atoms with van der Waals surface area (Å²) < 4.78 is 0. The topological polar surface area (TPSA) is 12.0 Å². The first-order valence-corrected chi connectivity index (χ1v) is 5.85. The molecule has 0 radical (unpaired) electrons. The van der Waals surface area contributed by atoms with Gasteiger partial charge in [-0.05, 0) is 37.6 Å². The summed E-state index contributed by atoms with van der Waals surface area (Å²) in [6.45, 7) is 10.6. The average molecular weight is 183 g/mol. The molecule has 1 aliphatic rings. The van der Waals surface area contributed by atoms with E-state index in [0.29, 0.717) is 5.54 Å². The van der Waals surface area contributed by atoms with Gasteiger partial charge in [-0.25, -0.2) is 0 Å². The zero-order valence-corrected chi connectivity index (χ0v) is 9.69. The highest BCUT2D eigenvalue weighted by Crippen LogP contribution is 2.34. The van der Waals surface area contributed by atoms with Gasteiger partial charge in [-0.15, -0.1) is 0 Å². The smallest absolute Gasteiger partial charge is 0.0207 e. The molecule has 0 aromatic rings. The quantitative estimate of drug-likeness (QED) is 0.706. The molecule has 1 rings (SSSR count). The SMILES string of the molecule is CCC(C)CC1(C(C)C)CCCN1. The van der Waals surface area contributed by atoms with Crippen molar-refractivity contribution in [2.24, 2.45) is 11.8 Å². The normalized spacial score (nSPS) is 31.2. The van der Waals surface area contributed by atoms with Crippen LogP contribution in [0.3, 0.4) is 0 Å². The lowest BCUT2D eigenvalue weighted by atomic mass is 9.77. The van der Waals surface area contributed by atoms with Crippen LogP contribution in [0.1, 0.15) is 53.4 Å². The molecule has 0 amide bonds. The van der Waals surface area contributed by atoms with Gasteiger partial charge in [-0.3, -0.25) is 0 Å². The van der Waals surface area contributed by atoms with Crippen LogP contribution < -0.4 is 5.32 Å². The van der Waals surface area contributed by atoms with Crippen LogP contribution in [0, 0.1) is 11.8 Å². The van der Waals surface area contributed by atoms with Gasteiger partial charge in [0.1, 0.15) is 0 Å². The molecule has 0 aliphatic carbocycles. The van der Waals surface area contributed by atoms with Crippen molar-refractivity contribution in [1.82, 2.24) is 5.32 Å². The average Bonchev–Trinajstić information content (AvgIpc) is 2.54. The molecule has 1 aliphatic heterocycles. The molecule has 1 nitrogen and oxygen atoms in total. The second-order valence-corrected chi connectivity index (χ2v) is 5.06. The van der Waals surface area contributed by atoms with Gasteiger partial charge < -0.3 is 5.32 Å². The Balaban J connectivity index is 2.57. The van der Waals surface area contributed by atoms with Gasteiger partial charge >= 0.3 is 0 Å². The summed E-state index contributed by atoms with van der Waals surface area (Å²) in [6.07, 6.45) is 5.43. The molecule has 0 spiro atoms. The van der Waals surface area contributed by atoms with Crippen LogP contribution in [-0.4, -0.2) is 12.1 Å². The highest BCUT2D eigenvalue weighted by molar-refractivity contribution is 4.96. The lowest BCUT2D eigenvalue weighted by molar-refractivity contribution is 0.215. The standard InChI is InChI=1S/C12H25N/c1-5-11(4)9-12(10(2)3)7-6-8-13-12/h10-11,13H,5-9H2,1-4H3. The van der Waals surface area contributed by atoms with Crippen LogP contribution in [0.5, 0.6) is 0 Å². The van der Waals surface area contributed by atoms with Gasteiger partial charge in [0.25, 0.3) is 0 Å². The summed E-state index contributed by atoms with van der Waals surface area (Å²) >= 11 is 0. The Bertz CT molecular complexity index is 145. The van der Waals surface area contributed by atoms with E-state index in [-0.39, 0.29) is 0 Å². The van der Waals surface area contributed by atoms with E-state index in [4.69, 9.17) is 0 Å². The van der Waals surface area contributed by atoms with Crippen molar-refractivity contribution in [3.8, 4) is 0 Å². The molecule has 0 saturated carbocycles. The predicted octanol–water partition coefficient (Wildman–Crippen LogP) is 3.20. The van der Waals surface area contributed by atoms with E-state index in [2.05, 4.69) is 33.0 Å². The summed E-state index contributed by atoms with van der Waals surface area (Å²) in [4.78, 5) is 0. The number of rotatable bonds is 4. The largest absolute Gasteiger partial charge is 0.311 e. The van der Waals surface area contributed by atoms with Gasteiger partial charge in [0.05, 0.1) is 0 Å². The molecule has 13 heavy (non-hydrogen) atoms. The van der Waals surface area contributed by atoms with Crippen molar-refractivity contribution < 1.29 is 0 Å². The predicted molar refractivity (Wildman–Crippen MR) is 58.9 cm³/mol. The van der Waals surface area contributed by atoms with Crippen molar-refractivity contribution in [3.05, 3.63) is 0 Å². The molecule has 0 bridgehead atoms. The Kier molecular flexibility index (Phi) is 3.78. The van der Waals surface area contributed by atoms with Gasteiger partial charge in [0.15, 0.2) is 0 Å². The third-order valence-corrected chi connectivity index (χ3v) is 3.79. The monoisotopic (exact) mass is 183 g/mol. The fourth-order valence-electron chi connectivity index (χ4n) is 2.50. The molecule has 0 aromatic carbocycles. The number of hydrogen-bond acceptors (Lipinski definition) is 1. The summed E-state index contributed by atoms with van der Waals surface area (Å²) in [5, 5.41) is 3.73. The molecule has 2 atom stereocenters. The van der Waals surface area contributed by atoms with E-state index < -0.39 is 0 Å². The summed E-state index contributed by atoms with van der Waals surface area (Å²) in [6, 6.07) is 0. The first-order valence-electron chi connectivity index (χ1n) is 5.85. The van der Waals surface area contributed by atoms with Crippen LogP contribution in [0.25, 0.3) is 0 Å². The van der Waals surface area contributed by atoms with Gasteiger partial charge in [-0.1, -0.05) is 34.1 Å². The molecule has 1 fully saturated rings. The Morgan fingerprint density at radius 3 is 2.38 bits per heavy atom.